The van der Waals surface area contributed by atoms with E-state index in [-0.39, 0.29) is 6.03 Å². The molecule has 0 unspecified atom stereocenters. The number of ether oxygens (including phenoxy) is 1. The quantitative estimate of drug-likeness (QED) is 0.453. The number of amides is 2. The summed E-state index contributed by atoms with van der Waals surface area (Å²) in [5.74, 6) is 1.60. The van der Waals surface area contributed by atoms with Crippen molar-refractivity contribution < 1.29 is 9.53 Å². The van der Waals surface area contributed by atoms with Gasteiger partial charge in [0.2, 0.25) is 0 Å². The third kappa shape index (κ3) is 4.42. The van der Waals surface area contributed by atoms with Crippen LogP contribution in [0.1, 0.15) is 0 Å². The Balaban J connectivity index is 1.28. The van der Waals surface area contributed by atoms with Crippen LogP contribution in [0.4, 0.5) is 16.3 Å². The van der Waals surface area contributed by atoms with Gasteiger partial charge in [-0.05, 0) is 47.9 Å². The van der Waals surface area contributed by atoms with E-state index in [1.165, 1.54) is 11.5 Å². The summed E-state index contributed by atoms with van der Waals surface area (Å²) in [5, 5.41) is 3.63. The highest BCUT2D eigenvalue weighted by Crippen LogP contribution is 2.34. The molecule has 0 aliphatic carbocycles. The summed E-state index contributed by atoms with van der Waals surface area (Å²) in [6.07, 6.45) is 1.58. The van der Waals surface area contributed by atoms with Crippen molar-refractivity contribution >= 4 is 50.9 Å². The highest BCUT2D eigenvalue weighted by atomic mass is 35.5. The first-order valence-electron chi connectivity index (χ1n) is 10.4. The molecule has 4 aromatic rings. The van der Waals surface area contributed by atoms with Gasteiger partial charge in [0.05, 0.1) is 7.11 Å². The Labute approximate surface area is 199 Å². The minimum absolute atomic E-state index is 0.115. The molecular weight excluding hydrogens is 460 g/mol. The molecule has 2 aromatic carbocycles. The first-order chi connectivity index (χ1) is 16.1. The maximum absolute atomic E-state index is 12.7. The second kappa shape index (κ2) is 9.21. The van der Waals surface area contributed by atoms with E-state index in [4.69, 9.17) is 16.3 Å². The van der Waals surface area contributed by atoms with Gasteiger partial charge in [0.15, 0.2) is 5.82 Å². The minimum Gasteiger partial charge on any atom is -0.497 e. The van der Waals surface area contributed by atoms with Crippen LogP contribution >= 0.6 is 23.1 Å². The fourth-order valence-corrected chi connectivity index (χ4v) is 4.77. The second-order valence-corrected chi connectivity index (χ2v) is 8.76. The molecule has 0 bridgehead atoms. The van der Waals surface area contributed by atoms with Crippen molar-refractivity contribution in [1.82, 2.24) is 19.2 Å². The molecule has 8 nitrogen and oxygen atoms in total. The van der Waals surface area contributed by atoms with E-state index in [1.54, 1.807) is 13.4 Å². The molecule has 1 N–H and O–H groups in total. The number of nitrogens with one attached hydrogen (secondary N) is 1. The van der Waals surface area contributed by atoms with E-state index in [2.05, 4.69) is 24.6 Å². The smallest absolute Gasteiger partial charge is 0.321 e. The predicted octanol–water partition coefficient (Wildman–Crippen LogP) is 4.77. The number of fused-ring (bicyclic) bond motifs is 1. The molecular formula is C23H21ClN6O2S. The number of halogens is 1. The number of hydrogen-bond donors (Lipinski definition) is 1. The van der Waals surface area contributed by atoms with E-state index in [0.29, 0.717) is 31.2 Å². The lowest BCUT2D eigenvalue weighted by Gasteiger charge is -2.35. The van der Waals surface area contributed by atoms with Crippen molar-refractivity contribution in [2.75, 3.05) is 43.5 Å². The Kier molecular flexibility index (Phi) is 5.97. The van der Waals surface area contributed by atoms with Gasteiger partial charge in [-0.3, -0.25) is 0 Å². The molecule has 10 heteroatoms. The van der Waals surface area contributed by atoms with Crippen molar-refractivity contribution in [3.63, 3.8) is 0 Å². The summed E-state index contributed by atoms with van der Waals surface area (Å²) in [6, 6.07) is 14.8. The van der Waals surface area contributed by atoms with Crippen LogP contribution in [0.25, 0.3) is 21.5 Å². The maximum Gasteiger partial charge on any atom is 0.321 e. The molecule has 168 valence electrons. The molecule has 5 rings (SSSR count). The van der Waals surface area contributed by atoms with E-state index in [0.717, 1.165) is 38.7 Å². The molecule has 0 radical (unpaired) electrons. The zero-order valence-corrected chi connectivity index (χ0v) is 19.4. The lowest BCUT2D eigenvalue weighted by Crippen LogP contribution is -2.50. The van der Waals surface area contributed by atoms with Crippen LogP contribution in [0.2, 0.25) is 5.02 Å². The number of carbonyl (C=O) groups excluding carboxylic acids is 1. The molecule has 3 heterocycles. The summed E-state index contributed by atoms with van der Waals surface area (Å²) in [7, 11) is 1.61. The van der Waals surface area contributed by atoms with Gasteiger partial charge in [-0.1, -0.05) is 23.7 Å². The molecule has 1 aliphatic heterocycles. The summed E-state index contributed by atoms with van der Waals surface area (Å²) in [4.78, 5) is 25.7. The Morgan fingerprint density at radius 1 is 1.03 bits per heavy atom. The van der Waals surface area contributed by atoms with Crippen LogP contribution in [0.3, 0.4) is 0 Å². The number of methoxy groups -OCH3 is 1. The highest BCUT2D eigenvalue weighted by Gasteiger charge is 2.25. The van der Waals surface area contributed by atoms with Crippen LogP contribution in [0, 0.1) is 0 Å². The van der Waals surface area contributed by atoms with Gasteiger partial charge in [0.25, 0.3) is 0 Å². The minimum atomic E-state index is -0.115. The van der Waals surface area contributed by atoms with Crippen LogP contribution in [0.15, 0.2) is 54.9 Å². The number of anilines is 2. The third-order valence-electron chi connectivity index (χ3n) is 5.56. The standard InChI is InChI=1S/C23H21ClN6O2S/c1-32-18-8-6-17(7-9-18)27-23(31)30-12-10-29(11-13-30)22-21-20(25-14-26-22)19(28-33-21)15-2-4-16(24)5-3-15/h2-9,14H,10-13H2,1H3,(H,27,31). The van der Waals surface area contributed by atoms with Gasteiger partial charge in [-0.25, -0.2) is 14.8 Å². The molecule has 1 fully saturated rings. The van der Waals surface area contributed by atoms with E-state index >= 15 is 0 Å². The van der Waals surface area contributed by atoms with Crippen LogP contribution in [0.5, 0.6) is 5.75 Å². The molecule has 33 heavy (non-hydrogen) atoms. The maximum atomic E-state index is 12.7. The topological polar surface area (TPSA) is 83.5 Å². The number of aromatic nitrogens is 3. The van der Waals surface area contributed by atoms with Crippen LogP contribution in [-0.4, -0.2) is 58.6 Å². The fraction of sp³-hybridized carbons (Fsp3) is 0.217. The monoisotopic (exact) mass is 480 g/mol. The Hall–Kier alpha value is -3.43. The fourth-order valence-electron chi connectivity index (χ4n) is 3.77. The predicted molar refractivity (Wildman–Crippen MR) is 131 cm³/mol. The van der Waals surface area contributed by atoms with E-state index in [9.17, 15) is 4.79 Å². The first-order valence-corrected chi connectivity index (χ1v) is 11.6. The molecule has 2 aromatic heterocycles. The van der Waals surface area contributed by atoms with E-state index in [1.807, 2.05) is 53.4 Å². The SMILES string of the molecule is COc1ccc(NC(=O)N2CCN(c3ncnc4c(-c5ccc(Cl)cc5)nsc34)CC2)cc1. The summed E-state index contributed by atoms with van der Waals surface area (Å²) >= 11 is 7.41. The molecule has 0 atom stereocenters. The number of rotatable bonds is 4. The number of urea groups is 1. The van der Waals surface area contributed by atoms with Gasteiger partial charge >= 0.3 is 6.03 Å². The lowest BCUT2D eigenvalue weighted by molar-refractivity contribution is 0.208. The third-order valence-corrected chi connectivity index (χ3v) is 6.65. The van der Waals surface area contributed by atoms with Crippen molar-refractivity contribution in [1.29, 1.82) is 0 Å². The summed E-state index contributed by atoms with van der Waals surface area (Å²) in [5.41, 5.74) is 3.36. The zero-order chi connectivity index (χ0) is 22.8. The average molecular weight is 481 g/mol. The highest BCUT2D eigenvalue weighted by molar-refractivity contribution is 7.14. The average Bonchev–Trinajstić information content (AvgIpc) is 3.29. The van der Waals surface area contributed by atoms with Crippen LogP contribution < -0.4 is 15.0 Å². The number of nitrogens with zero attached hydrogens (tertiary/aromatic N) is 5. The lowest BCUT2D eigenvalue weighted by atomic mass is 10.1. The summed E-state index contributed by atoms with van der Waals surface area (Å²) < 4.78 is 10.7. The molecule has 1 saturated heterocycles. The van der Waals surface area contributed by atoms with Crippen molar-refractivity contribution in [3.05, 3.63) is 59.9 Å². The van der Waals surface area contributed by atoms with Gasteiger partial charge in [-0.2, -0.15) is 4.37 Å². The Morgan fingerprint density at radius 2 is 1.76 bits per heavy atom. The largest absolute Gasteiger partial charge is 0.497 e. The summed E-state index contributed by atoms with van der Waals surface area (Å²) in [6.45, 7) is 2.54. The molecule has 1 aliphatic rings. The van der Waals surface area contributed by atoms with Crippen LogP contribution in [-0.2, 0) is 0 Å². The molecule has 0 saturated carbocycles. The Morgan fingerprint density at radius 3 is 2.45 bits per heavy atom. The number of benzene rings is 2. The molecule has 2 amide bonds. The van der Waals surface area contributed by atoms with Crippen molar-refractivity contribution in [2.45, 2.75) is 0 Å². The Bertz CT molecular complexity index is 1270. The normalized spacial score (nSPS) is 13.9. The number of piperazine rings is 1. The zero-order valence-electron chi connectivity index (χ0n) is 17.9. The number of hydrogen-bond acceptors (Lipinski definition) is 7. The van der Waals surface area contributed by atoms with Crippen molar-refractivity contribution in [3.8, 4) is 17.0 Å². The first kappa shape index (κ1) is 21.4. The van der Waals surface area contributed by atoms with E-state index < -0.39 is 0 Å². The molecule has 0 spiro atoms. The van der Waals surface area contributed by atoms with Crippen molar-refractivity contribution in [2.24, 2.45) is 0 Å². The van der Waals surface area contributed by atoms with Gasteiger partial charge in [-0.15, -0.1) is 0 Å². The second-order valence-electron chi connectivity index (χ2n) is 7.55. The van der Waals surface area contributed by atoms with Gasteiger partial charge in [0.1, 0.15) is 28.0 Å². The number of carbonyl (C=O) groups is 1. The van der Waals surface area contributed by atoms with Gasteiger partial charge < -0.3 is 19.9 Å². The van der Waals surface area contributed by atoms with Gasteiger partial charge in [0, 0.05) is 42.5 Å².